The molecule has 3 aliphatic rings. The number of hydrogen-bond donors (Lipinski definition) is 1. The lowest BCUT2D eigenvalue weighted by atomic mass is 9.65. The summed E-state index contributed by atoms with van der Waals surface area (Å²) in [5.74, 6) is 1.21. The standard InChI is InChI=1S/C15H26N2OS/c1-14(2)11(9-12(14)18-3)16-13-17-15(10-19-13)7-5-4-6-8-15/h11-12H,4-10H2,1-3H3,(H,16,17). The van der Waals surface area contributed by atoms with E-state index in [0.717, 1.165) is 6.42 Å². The number of ether oxygens (including phenoxy) is 1. The lowest BCUT2D eigenvalue weighted by Crippen LogP contribution is -2.54. The molecule has 4 heteroatoms. The number of nitrogens with one attached hydrogen (secondary N) is 1. The van der Waals surface area contributed by atoms with Crippen molar-refractivity contribution in [3.63, 3.8) is 0 Å². The second-order valence-electron chi connectivity index (χ2n) is 6.99. The molecule has 0 bridgehead atoms. The van der Waals surface area contributed by atoms with Gasteiger partial charge in [-0.05, 0) is 19.3 Å². The van der Waals surface area contributed by atoms with Crippen molar-refractivity contribution in [3.8, 4) is 0 Å². The molecule has 2 aliphatic carbocycles. The fourth-order valence-electron chi connectivity index (χ4n) is 3.70. The third kappa shape index (κ3) is 2.42. The normalized spacial score (nSPS) is 38.2. The minimum atomic E-state index is 0.187. The molecule has 1 spiro atoms. The fraction of sp³-hybridized carbons (Fsp3) is 0.933. The molecular weight excluding hydrogens is 256 g/mol. The average molecular weight is 282 g/mol. The Hall–Kier alpha value is -0.220. The van der Waals surface area contributed by atoms with Crippen LogP contribution in [0.5, 0.6) is 0 Å². The lowest BCUT2D eigenvalue weighted by molar-refractivity contribution is -0.0850. The van der Waals surface area contributed by atoms with Gasteiger partial charge in [0, 0.05) is 23.8 Å². The molecule has 0 aromatic carbocycles. The molecule has 0 aromatic rings. The Morgan fingerprint density at radius 1 is 1.26 bits per heavy atom. The highest BCUT2D eigenvalue weighted by Crippen LogP contribution is 2.45. The van der Waals surface area contributed by atoms with Crippen LogP contribution in [0.2, 0.25) is 0 Å². The predicted octanol–water partition coefficient (Wildman–Crippen LogP) is 3.20. The van der Waals surface area contributed by atoms with Crippen molar-refractivity contribution < 1.29 is 4.74 Å². The van der Waals surface area contributed by atoms with Crippen molar-refractivity contribution >= 4 is 16.9 Å². The Labute approximate surface area is 121 Å². The van der Waals surface area contributed by atoms with E-state index < -0.39 is 0 Å². The van der Waals surface area contributed by atoms with E-state index in [-0.39, 0.29) is 5.41 Å². The Kier molecular flexibility index (Phi) is 3.59. The highest BCUT2D eigenvalue weighted by atomic mass is 32.2. The molecule has 3 rings (SSSR count). The Morgan fingerprint density at radius 3 is 2.63 bits per heavy atom. The number of methoxy groups -OCH3 is 1. The van der Waals surface area contributed by atoms with Crippen molar-refractivity contribution in [2.24, 2.45) is 10.4 Å². The largest absolute Gasteiger partial charge is 0.381 e. The third-order valence-corrected chi connectivity index (χ3v) is 6.53. The van der Waals surface area contributed by atoms with E-state index in [4.69, 9.17) is 9.73 Å². The van der Waals surface area contributed by atoms with Gasteiger partial charge in [-0.1, -0.05) is 44.9 Å². The average Bonchev–Trinajstić information content (AvgIpc) is 2.78. The lowest BCUT2D eigenvalue weighted by Gasteiger charge is -2.49. The van der Waals surface area contributed by atoms with Gasteiger partial charge in [-0.2, -0.15) is 0 Å². The van der Waals surface area contributed by atoms with Crippen LogP contribution < -0.4 is 5.32 Å². The van der Waals surface area contributed by atoms with E-state index in [2.05, 4.69) is 19.2 Å². The zero-order valence-electron chi connectivity index (χ0n) is 12.4. The minimum absolute atomic E-state index is 0.187. The molecule has 3 fully saturated rings. The van der Waals surface area contributed by atoms with Crippen molar-refractivity contribution in [1.82, 2.24) is 5.32 Å². The number of hydrogen-bond acceptors (Lipinski definition) is 3. The molecule has 1 heterocycles. The first kappa shape index (κ1) is 13.7. The topological polar surface area (TPSA) is 33.6 Å². The van der Waals surface area contributed by atoms with Crippen LogP contribution in [-0.2, 0) is 4.74 Å². The molecule has 1 aliphatic heterocycles. The maximum atomic E-state index is 5.51. The zero-order chi connectivity index (χ0) is 13.5. The fourth-order valence-corrected chi connectivity index (χ4v) is 4.96. The second-order valence-corrected chi connectivity index (χ2v) is 7.95. The smallest absolute Gasteiger partial charge is 0.157 e. The van der Waals surface area contributed by atoms with Crippen molar-refractivity contribution in [2.45, 2.75) is 70.1 Å². The molecule has 2 saturated carbocycles. The Bertz CT molecular complexity index is 374. The number of nitrogens with zero attached hydrogens (tertiary/aromatic N) is 1. The molecule has 1 saturated heterocycles. The maximum Gasteiger partial charge on any atom is 0.157 e. The minimum Gasteiger partial charge on any atom is -0.381 e. The highest BCUT2D eigenvalue weighted by Gasteiger charge is 2.49. The van der Waals surface area contributed by atoms with E-state index in [9.17, 15) is 0 Å². The Balaban J connectivity index is 1.64. The SMILES string of the molecule is COC1CC(N=C2NC3(CCCCC3)CS2)C1(C)C. The van der Waals surface area contributed by atoms with Gasteiger partial charge < -0.3 is 10.1 Å². The summed E-state index contributed by atoms with van der Waals surface area (Å²) in [5.41, 5.74) is 0.558. The number of thioether (sulfide) groups is 1. The summed E-state index contributed by atoms with van der Waals surface area (Å²) in [4.78, 5) is 4.97. The van der Waals surface area contributed by atoms with Crippen LogP contribution in [0.1, 0.15) is 52.4 Å². The van der Waals surface area contributed by atoms with Crippen LogP contribution in [0.4, 0.5) is 0 Å². The van der Waals surface area contributed by atoms with Crippen LogP contribution in [0.25, 0.3) is 0 Å². The Morgan fingerprint density at radius 2 is 2.00 bits per heavy atom. The molecule has 19 heavy (non-hydrogen) atoms. The van der Waals surface area contributed by atoms with Gasteiger partial charge in [-0.15, -0.1) is 0 Å². The van der Waals surface area contributed by atoms with E-state index >= 15 is 0 Å². The van der Waals surface area contributed by atoms with Crippen LogP contribution in [-0.4, -0.2) is 35.7 Å². The number of aliphatic imine (C=N–C) groups is 1. The van der Waals surface area contributed by atoms with Crippen LogP contribution in [0, 0.1) is 5.41 Å². The molecule has 2 unspecified atom stereocenters. The van der Waals surface area contributed by atoms with E-state index in [1.165, 1.54) is 43.0 Å². The predicted molar refractivity (Wildman–Crippen MR) is 81.8 cm³/mol. The molecule has 0 radical (unpaired) electrons. The van der Waals surface area contributed by atoms with E-state index in [0.29, 0.717) is 17.7 Å². The van der Waals surface area contributed by atoms with Gasteiger partial charge >= 0.3 is 0 Å². The van der Waals surface area contributed by atoms with Gasteiger partial charge in [0.25, 0.3) is 0 Å². The first-order valence-corrected chi connectivity index (χ1v) is 8.56. The van der Waals surface area contributed by atoms with Gasteiger partial charge in [0.05, 0.1) is 12.1 Å². The van der Waals surface area contributed by atoms with Gasteiger partial charge in [0.1, 0.15) is 0 Å². The van der Waals surface area contributed by atoms with Crippen molar-refractivity contribution in [2.75, 3.05) is 12.9 Å². The summed E-state index contributed by atoms with van der Waals surface area (Å²) < 4.78 is 5.51. The molecule has 0 aromatic heterocycles. The van der Waals surface area contributed by atoms with Crippen LogP contribution >= 0.6 is 11.8 Å². The first-order valence-electron chi connectivity index (χ1n) is 7.57. The van der Waals surface area contributed by atoms with Crippen molar-refractivity contribution in [3.05, 3.63) is 0 Å². The van der Waals surface area contributed by atoms with Crippen LogP contribution in [0.15, 0.2) is 4.99 Å². The van der Waals surface area contributed by atoms with E-state index in [1.807, 2.05) is 18.9 Å². The van der Waals surface area contributed by atoms with Gasteiger partial charge in [0.15, 0.2) is 5.17 Å². The zero-order valence-corrected chi connectivity index (χ0v) is 13.2. The van der Waals surface area contributed by atoms with Gasteiger partial charge in [0.2, 0.25) is 0 Å². The summed E-state index contributed by atoms with van der Waals surface area (Å²) in [6, 6.07) is 0.422. The second kappa shape index (κ2) is 4.96. The first-order chi connectivity index (χ1) is 9.06. The van der Waals surface area contributed by atoms with Gasteiger partial charge in [-0.3, -0.25) is 4.99 Å². The summed E-state index contributed by atoms with van der Waals surface area (Å²) >= 11 is 1.93. The van der Waals surface area contributed by atoms with Crippen LogP contribution in [0.3, 0.4) is 0 Å². The molecular formula is C15H26N2OS. The van der Waals surface area contributed by atoms with Crippen molar-refractivity contribution in [1.29, 1.82) is 0 Å². The molecule has 0 amide bonds. The number of rotatable bonds is 2. The van der Waals surface area contributed by atoms with E-state index in [1.54, 1.807) is 0 Å². The maximum absolute atomic E-state index is 5.51. The summed E-state index contributed by atoms with van der Waals surface area (Å²) in [6.07, 6.45) is 8.26. The third-order valence-electron chi connectivity index (χ3n) is 5.35. The molecule has 3 nitrogen and oxygen atoms in total. The summed E-state index contributed by atoms with van der Waals surface area (Å²) in [5, 5.41) is 4.94. The highest BCUT2D eigenvalue weighted by molar-refractivity contribution is 8.14. The van der Waals surface area contributed by atoms with Gasteiger partial charge in [-0.25, -0.2) is 0 Å². The molecule has 2 atom stereocenters. The quantitative estimate of drug-likeness (QED) is 0.844. The monoisotopic (exact) mass is 282 g/mol. The molecule has 108 valence electrons. The summed E-state index contributed by atoms with van der Waals surface area (Å²) in [7, 11) is 1.81. The summed E-state index contributed by atoms with van der Waals surface area (Å²) in [6.45, 7) is 4.55. The number of amidine groups is 1. The molecule has 1 N–H and O–H groups in total.